The summed E-state index contributed by atoms with van der Waals surface area (Å²) in [5.41, 5.74) is 3.83. The molecule has 10 heteroatoms. The Morgan fingerprint density at radius 1 is 1.15 bits per heavy atom. The van der Waals surface area contributed by atoms with Gasteiger partial charge in [-0.05, 0) is 68.0 Å². The van der Waals surface area contributed by atoms with E-state index in [2.05, 4.69) is 6.92 Å². The molecule has 2 heterocycles. The van der Waals surface area contributed by atoms with Gasteiger partial charge in [-0.3, -0.25) is 19.3 Å². The number of nitrogens with zero attached hydrogens (tertiary/aromatic N) is 1. The van der Waals surface area contributed by atoms with Crippen molar-refractivity contribution >= 4 is 31.0 Å². The number of amides is 2. The third-order valence-corrected chi connectivity index (χ3v) is 8.47. The maximum atomic E-state index is 13.6. The van der Waals surface area contributed by atoms with Crippen LogP contribution in [0.4, 0.5) is 0 Å². The van der Waals surface area contributed by atoms with Crippen molar-refractivity contribution < 1.29 is 39.0 Å². The van der Waals surface area contributed by atoms with E-state index in [0.29, 0.717) is 45.1 Å². The molecule has 0 radical (unpaired) electrons. The topological polar surface area (TPSA) is 134 Å². The van der Waals surface area contributed by atoms with Crippen LogP contribution in [0.3, 0.4) is 0 Å². The highest BCUT2D eigenvalue weighted by Crippen LogP contribution is 2.50. The maximum absolute atomic E-state index is 13.6. The second-order valence-electron chi connectivity index (χ2n) is 11.0. The molecule has 2 amide bonds. The Morgan fingerprint density at radius 2 is 1.93 bits per heavy atom. The Bertz CT molecular complexity index is 1160. The van der Waals surface area contributed by atoms with Gasteiger partial charge in [0.15, 0.2) is 0 Å². The molecule has 0 saturated carbocycles. The van der Waals surface area contributed by atoms with Crippen LogP contribution in [0.1, 0.15) is 63.9 Å². The molecule has 1 aromatic rings. The summed E-state index contributed by atoms with van der Waals surface area (Å²) in [6.45, 7) is 2.67. The number of fused-ring (bicyclic) bond motifs is 3. The van der Waals surface area contributed by atoms with Gasteiger partial charge >= 0.3 is 13.1 Å². The van der Waals surface area contributed by atoms with Crippen LogP contribution in [-0.2, 0) is 23.8 Å². The van der Waals surface area contributed by atoms with Crippen LogP contribution in [0.25, 0.3) is 6.08 Å². The molecule has 2 aliphatic heterocycles. The number of carboxylic acids is 1. The first-order valence-corrected chi connectivity index (χ1v) is 14.3. The van der Waals surface area contributed by atoms with E-state index in [9.17, 15) is 24.5 Å². The van der Waals surface area contributed by atoms with E-state index < -0.39 is 31.0 Å². The number of phenolic OH excluding ortho intramolecular Hbond substituents is 1. The lowest BCUT2D eigenvalue weighted by Crippen LogP contribution is -2.46. The zero-order valence-electron chi connectivity index (χ0n) is 23.4. The molecule has 1 aliphatic carbocycles. The first kappa shape index (κ1) is 30.0. The average Bonchev–Trinajstić information content (AvgIpc) is 3.16. The molecule has 0 unspecified atom stereocenters. The van der Waals surface area contributed by atoms with Gasteiger partial charge in [-0.25, -0.2) is 0 Å². The van der Waals surface area contributed by atoms with Gasteiger partial charge in [0.05, 0.1) is 24.5 Å². The number of carboxylic acid groups (broad SMARTS) is 1. The number of hydrogen-bond acceptors (Lipinski definition) is 7. The molecule has 1 aromatic carbocycles. The number of ether oxygens (including phenoxy) is 1. The van der Waals surface area contributed by atoms with E-state index in [1.54, 1.807) is 19.2 Å². The Kier molecular flexibility index (Phi) is 10.2. The number of phenols is 1. The Balaban J connectivity index is 1.53. The minimum atomic E-state index is -1.04. The zero-order chi connectivity index (χ0) is 28.8. The number of benzene rings is 1. The van der Waals surface area contributed by atoms with Crippen LogP contribution >= 0.6 is 0 Å². The fourth-order valence-corrected chi connectivity index (χ4v) is 6.58. The molecule has 4 atom stereocenters. The van der Waals surface area contributed by atoms with Crippen molar-refractivity contribution in [1.82, 2.24) is 4.90 Å². The maximum Gasteiger partial charge on any atom is 0.455 e. The summed E-state index contributed by atoms with van der Waals surface area (Å²) < 4.78 is 11.6. The van der Waals surface area contributed by atoms with E-state index in [1.165, 1.54) is 4.90 Å². The molecule has 2 fully saturated rings. The first-order valence-electron chi connectivity index (χ1n) is 14.3. The number of carbonyl (C=O) groups excluding carboxylic acids is 2. The van der Waals surface area contributed by atoms with Crippen LogP contribution in [-0.4, -0.2) is 71.4 Å². The lowest BCUT2D eigenvalue weighted by Gasteiger charge is -2.43. The normalized spacial score (nSPS) is 24.9. The number of carbonyl (C=O) groups is 3. The summed E-state index contributed by atoms with van der Waals surface area (Å²) >= 11 is 0. The largest absolute Gasteiger partial charge is 0.507 e. The number of aliphatic carboxylic acids is 1. The van der Waals surface area contributed by atoms with Gasteiger partial charge in [-0.1, -0.05) is 43.2 Å². The number of aromatic hydroxyl groups is 1. The van der Waals surface area contributed by atoms with Crippen molar-refractivity contribution in [1.29, 1.82) is 0 Å². The summed E-state index contributed by atoms with van der Waals surface area (Å²) in [4.78, 5) is 39.1. The molecule has 0 aromatic heterocycles. The number of imide groups is 1. The van der Waals surface area contributed by atoms with Crippen molar-refractivity contribution in [3.05, 3.63) is 46.5 Å². The second kappa shape index (κ2) is 13.6. The quantitative estimate of drug-likeness (QED) is 0.144. The van der Waals surface area contributed by atoms with E-state index >= 15 is 0 Å². The fraction of sp³-hybridized carbons (Fsp3) is 0.567. The smallest absolute Gasteiger partial charge is 0.455 e. The van der Waals surface area contributed by atoms with Gasteiger partial charge < -0.3 is 24.6 Å². The van der Waals surface area contributed by atoms with Crippen molar-refractivity contribution in [2.24, 2.45) is 17.8 Å². The summed E-state index contributed by atoms with van der Waals surface area (Å²) in [6, 6.07) is 7.18. The highest BCUT2D eigenvalue weighted by Gasteiger charge is 2.57. The number of rotatable bonds is 13. The number of likely N-dealkylation sites (tertiary alicyclic amines) is 1. The summed E-state index contributed by atoms with van der Waals surface area (Å²) in [5, 5.41) is 29.8. The molecular weight excluding hydrogens is 513 g/mol. The molecule has 40 heavy (non-hydrogen) atoms. The zero-order valence-corrected chi connectivity index (χ0v) is 23.4. The van der Waals surface area contributed by atoms with Crippen molar-refractivity contribution in [3.63, 3.8) is 0 Å². The summed E-state index contributed by atoms with van der Waals surface area (Å²) in [5.74, 6) is -2.34. The Labute approximate surface area is 236 Å². The molecule has 216 valence electrons. The number of methoxy groups -OCH3 is 1. The lowest BCUT2D eigenvalue weighted by atomic mass is 9.58. The molecule has 0 bridgehead atoms. The monoisotopic (exact) mass is 553 g/mol. The predicted octanol–water partition coefficient (Wildman–Crippen LogP) is 4.05. The Morgan fingerprint density at radius 3 is 2.62 bits per heavy atom. The predicted molar refractivity (Wildman–Crippen MR) is 150 cm³/mol. The number of allylic oxidation sites excluding steroid dienone is 1. The highest BCUT2D eigenvalue weighted by molar-refractivity contribution is 6.43. The molecule has 9 nitrogen and oxygen atoms in total. The van der Waals surface area contributed by atoms with Crippen molar-refractivity contribution in [2.45, 2.75) is 70.7 Å². The molecule has 2 saturated heterocycles. The van der Waals surface area contributed by atoms with E-state index in [0.717, 1.165) is 28.7 Å². The molecular formula is C30H40BNO8. The van der Waals surface area contributed by atoms with E-state index in [1.807, 2.05) is 18.2 Å². The molecule has 3 aliphatic rings. The third-order valence-electron chi connectivity index (χ3n) is 8.47. The summed E-state index contributed by atoms with van der Waals surface area (Å²) in [6.07, 6.45) is 6.09. The third kappa shape index (κ3) is 6.67. The van der Waals surface area contributed by atoms with Crippen molar-refractivity contribution in [2.75, 3.05) is 20.3 Å². The number of unbranched alkanes of at least 4 members (excludes halogenated alkanes) is 2. The SMILES string of the molecule is CC/C(=C\c1ccccc1O)CC[C@H]1OB(O)C[C@H]2C1=C(COC)C[C@H]1C(=O)N(CCCCCC(=O)O)C(=O)[C@H]12. The first-order chi connectivity index (χ1) is 19.2. The van der Waals surface area contributed by atoms with Crippen molar-refractivity contribution in [3.8, 4) is 5.75 Å². The van der Waals surface area contributed by atoms with Gasteiger partial charge in [0.2, 0.25) is 11.8 Å². The highest BCUT2D eigenvalue weighted by atomic mass is 16.5. The van der Waals surface area contributed by atoms with Gasteiger partial charge in [0.1, 0.15) is 5.75 Å². The summed E-state index contributed by atoms with van der Waals surface area (Å²) in [7, 11) is 0.568. The van der Waals surface area contributed by atoms with Crippen LogP contribution in [0.2, 0.25) is 6.32 Å². The van der Waals surface area contributed by atoms with Crippen LogP contribution in [0.5, 0.6) is 5.75 Å². The van der Waals surface area contributed by atoms with E-state index in [4.69, 9.17) is 14.5 Å². The fourth-order valence-electron chi connectivity index (χ4n) is 6.58. The molecule has 3 N–H and O–H groups in total. The van der Waals surface area contributed by atoms with Crippen LogP contribution in [0, 0.1) is 17.8 Å². The minimum absolute atomic E-state index is 0.0730. The van der Waals surface area contributed by atoms with Gasteiger partial charge in [-0.2, -0.15) is 0 Å². The Hall–Kier alpha value is -2.95. The van der Waals surface area contributed by atoms with Crippen LogP contribution < -0.4 is 0 Å². The standard InChI is InChI=1S/C30H40BNO8/c1-3-19(15-20-9-6-7-10-24(20)33)12-13-25-27-21(18-39-2)16-22-28(23(27)17-31(38)40-25)30(37)32(29(22)36)14-8-4-5-11-26(34)35/h6-7,9-10,15,22-23,25,28,33,38H,3-5,8,11-14,16-18H2,1-2H3,(H,34,35)/b19-15+/t22-,23+,25-,28-/m1/s1. The second-order valence-corrected chi connectivity index (χ2v) is 11.0. The van der Waals surface area contributed by atoms with Gasteiger partial charge in [0, 0.05) is 25.6 Å². The number of hydrogen-bond donors (Lipinski definition) is 3. The molecule has 0 spiro atoms. The van der Waals surface area contributed by atoms with Gasteiger partial charge in [0.25, 0.3) is 0 Å². The average molecular weight is 553 g/mol. The lowest BCUT2D eigenvalue weighted by molar-refractivity contribution is -0.141. The van der Waals surface area contributed by atoms with Gasteiger partial charge in [-0.15, -0.1) is 0 Å². The number of para-hydroxylation sites is 1. The van der Waals surface area contributed by atoms with Crippen LogP contribution in [0.15, 0.2) is 41.0 Å². The van der Waals surface area contributed by atoms with E-state index in [-0.39, 0.29) is 42.8 Å². The molecule has 4 rings (SSSR count). The minimum Gasteiger partial charge on any atom is -0.507 e.